The predicted molar refractivity (Wildman–Crippen MR) is 128 cm³/mol. The van der Waals surface area contributed by atoms with E-state index in [1.165, 1.54) is 10.5 Å². The summed E-state index contributed by atoms with van der Waals surface area (Å²) >= 11 is 0. The molecule has 2 aromatic carbocycles. The third kappa shape index (κ3) is 4.61. The molecular formula is C27H32N2O4. The van der Waals surface area contributed by atoms with Gasteiger partial charge in [-0.1, -0.05) is 43.3 Å². The molecule has 0 N–H and O–H groups in total. The first-order valence-electron chi connectivity index (χ1n) is 11.7. The third-order valence-electron chi connectivity index (χ3n) is 6.56. The van der Waals surface area contributed by atoms with Crippen LogP contribution >= 0.6 is 0 Å². The quantitative estimate of drug-likeness (QED) is 0.568. The summed E-state index contributed by atoms with van der Waals surface area (Å²) in [5.74, 6) is 1.29. The summed E-state index contributed by atoms with van der Waals surface area (Å²) in [7, 11) is 3.15. The summed E-state index contributed by atoms with van der Waals surface area (Å²) in [6.45, 7) is 3.93. The summed E-state index contributed by atoms with van der Waals surface area (Å²) in [4.78, 5) is 30.3. The number of hydrogen-bond acceptors (Lipinski definition) is 5. The minimum atomic E-state index is -0.226. The Balaban J connectivity index is 1.62. The van der Waals surface area contributed by atoms with E-state index < -0.39 is 0 Å². The number of ether oxygens (including phenoxy) is 2. The highest BCUT2D eigenvalue weighted by molar-refractivity contribution is 6.35. The number of rotatable bonds is 8. The molecule has 2 aliphatic rings. The van der Waals surface area contributed by atoms with Gasteiger partial charge < -0.3 is 14.4 Å². The van der Waals surface area contributed by atoms with E-state index in [2.05, 4.69) is 29.2 Å². The van der Waals surface area contributed by atoms with E-state index >= 15 is 0 Å². The van der Waals surface area contributed by atoms with Crippen molar-refractivity contribution in [2.24, 2.45) is 5.92 Å². The molecule has 0 radical (unpaired) electrons. The van der Waals surface area contributed by atoms with Crippen LogP contribution in [0.4, 0.5) is 0 Å². The number of imide groups is 1. The summed E-state index contributed by atoms with van der Waals surface area (Å²) < 4.78 is 10.8. The van der Waals surface area contributed by atoms with Crippen molar-refractivity contribution in [1.29, 1.82) is 0 Å². The van der Waals surface area contributed by atoms with Crippen LogP contribution in [-0.2, 0) is 16.0 Å². The second-order valence-electron chi connectivity index (χ2n) is 8.68. The van der Waals surface area contributed by atoms with Gasteiger partial charge in [-0.2, -0.15) is 0 Å². The molecule has 0 atom stereocenters. The summed E-state index contributed by atoms with van der Waals surface area (Å²) in [5.41, 5.74) is 3.03. The topological polar surface area (TPSA) is 59.1 Å². The van der Waals surface area contributed by atoms with Crippen molar-refractivity contribution >= 4 is 17.4 Å². The number of benzene rings is 2. The van der Waals surface area contributed by atoms with Crippen LogP contribution in [0.3, 0.4) is 0 Å². The maximum absolute atomic E-state index is 13.4. The Labute approximate surface area is 195 Å². The number of amides is 2. The van der Waals surface area contributed by atoms with E-state index in [0.717, 1.165) is 38.8 Å². The average molecular weight is 449 g/mol. The predicted octanol–water partition coefficient (Wildman–Crippen LogP) is 4.15. The average Bonchev–Trinajstić information content (AvgIpc) is 3.10. The molecule has 0 aliphatic carbocycles. The number of piperidine rings is 1. The van der Waals surface area contributed by atoms with E-state index in [1.807, 2.05) is 19.1 Å². The summed E-state index contributed by atoms with van der Waals surface area (Å²) in [5, 5.41) is 0. The highest BCUT2D eigenvalue weighted by Gasteiger charge is 2.42. The van der Waals surface area contributed by atoms with E-state index in [0.29, 0.717) is 40.8 Å². The smallest absolute Gasteiger partial charge is 0.277 e. The minimum absolute atomic E-state index is 0.187. The lowest BCUT2D eigenvalue weighted by atomic mass is 9.89. The maximum Gasteiger partial charge on any atom is 0.277 e. The molecule has 6 heteroatoms. The molecule has 0 saturated carbocycles. The third-order valence-corrected chi connectivity index (χ3v) is 6.56. The van der Waals surface area contributed by atoms with Crippen molar-refractivity contribution in [2.45, 2.75) is 32.6 Å². The minimum Gasteiger partial charge on any atom is -0.493 e. The lowest BCUT2D eigenvalue weighted by molar-refractivity contribution is -0.137. The summed E-state index contributed by atoms with van der Waals surface area (Å²) in [6.07, 6.45) is 3.76. The molecule has 0 bridgehead atoms. The molecule has 1 saturated heterocycles. The zero-order valence-corrected chi connectivity index (χ0v) is 19.7. The van der Waals surface area contributed by atoms with Crippen molar-refractivity contribution in [2.75, 3.05) is 33.9 Å². The molecular weight excluding hydrogens is 416 g/mol. The zero-order chi connectivity index (χ0) is 23.4. The van der Waals surface area contributed by atoms with Gasteiger partial charge in [0.2, 0.25) is 0 Å². The van der Waals surface area contributed by atoms with E-state index in [9.17, 15) is 9.59 Å². The van der Waals surface area contributed by atoms with Crippen LogP contribution in [0.2, 0.25) is 0 Å². The Hall–Kier alpha value is -3.28. The van der Waals surface area contributed by atoms with Gasteiger partial charge in [-0.15, -0.1) is 0 Å². The summed E-state index contributed by atoms with van der Waals surface area (Å²) in [6, 6.07) is 15.9. The lowest BCUT2D eigenvalue weighted by Crippen LogP contribution is -2.39. The van der Waals surface area contributed by atoms with Crippen LogP contribution in [0.5, 0.6) is 11.5 Å². The number of methoxy groups -OCH3 is 2. The van der Waals surface area contributed by atoms with Gasteiger partial charge in [0.05, 0.1) is 19.8 Å². The van der Waals surface area contributed by atoms with Crippen molar-refractivity contribution in [3.05, 3.63) is 65.4 Å². The van der Waals surface area contributed by atoms with Crippen molar-refractivity contribution < 1.29 is 19.1 Å². The Morgan fingerprint density at radius 2 is 1.61 bits per heavy atom. The van der Waals surface area contributed by atoms with E-state index in [1.54, 1.807) is 26.4 Å². The van der Waals surface area contributed by atoms with Crippen LogP contribution in [0.1, 0.15) is 37.3 Å². The van der Waals surface area contributed by atoms with Gasteiger partial charge in [-0.3, -0.25) is 14.5 Å². The van der Waals surface area contributed by atoms with Crippen molar-refractivity contribution in [3.8, 4) is 11.5 Å². The number of hydrogen-bond donors (Lipinski definition) is 0. The molecule has 6 nitrogen and oxygen atoms in total. The number of carbonyl (C=O) groups excluding carboxylic acids is 2. The van der Waals surface area contributed by atoms with Crippen LogP contribution in [0.15, 0.2) is 54.2 Å². The maximum atomic E-state index is 13.4. The number of nitrogens with zero attached hydrogens (tertiary/aromatic N) is 2. The molecule has 33 heavy (non-hydrogen) atoms. The molecule has 2 amide bonds. The van der Waals surface area contributed by atoms with Gasteiger partial charge in [0.15, 0.2) is 11.5 Å². The molecule has 4 rings (SSSR count). The Morgan fingerprint density at radius 1 is 0.909 bits per heavy atom. The SMILES string of the molecule is CCCN1C(=O)C(c2ccc(OC)c(OC)c2)=C(N2CCC(Cc3ccccc3)CC2)C1=O. The number of carbonyl (C=O) groups is 2. The normalized spacial score (nSPS) is 17.2. The molecule has 2 aromatic rings. The van der Waals surface area contributed by atoms with Crippen LogP contribution in [0, 0.1) is 5.92 Å². The standard InChI is InChI=1S/C27H32N2O4/c1-4-14-29-26(30)24(21-10-11-22(32-2)23(18-21)33-3)25(27(29)31)28-15-12-20(13-16-28)17-19-8-6-5-7-9-19/h5-11,18,20H,4,12-17H2,1-3H3. The molecule has 0 unspecified atom stereocenters. The van der Waals surface area contributed by atoms with Crippen molar-refractivity contribution in [3.63, 3.8) is 0 Å². The van der Waals surface area contributed by atoms with E-state index in [4.69, 9.17) is 9.47 Å². The van der Waals surface area contributed by atoms with Gasteiger partial charge in [-0.25, -0.2) is 0 Å². The monoisotopic (exact) mass is 448 g/mol. The Bertz CT molecular complexity index is 1040. The van der Waals surface area contributed by atoms with E-state index in [-0.39, 0.29) is 11.8 Å². The van der Waals surface area contributed by atoms with Crippen LogP contribution in [0.25, 0.3) is 5.57 Å². The molecule has 2 aliphatic heterocycles. The first-order chi connectivity index (χ1) is 16.1. The van der Waals surface area contributed by atoms with Crippen molar-refractivity contribution in [1.82, 2.24) is 9.80 Å². The van der Waals surface area contributed by atoms with Gasteiger partial charge in [0.1, 0.15) is 5.70 Å². The second-order valence-corrected chi connectivity index (χ2v) is 8.68. The fourth-order valence-electron chi connectivity index (χ4n) is 4.84. The van der Waals surface area contributed by atoms with Gasteiger partial charge in [-0.05, 0) is 54.9 Å². The highest BCUT2D eigenvalue weighted by atomic mass is 16.5. The largest absolute Gasteiger partial charge is 0.493 e. The Morgan fingerprint density at radius 3 is 2.24 bits per heavy atom. The van der Waals surface area contributed by atoms with Gasteiger partial charge >= 0.3 is 0 Å². The Kier molecular flexibility index (Phi) is 7.02. The molecule has 1 fully saturated rings. The number of likely N-dealkylation sites (tertiary alicyclic amines) is 1. The van der Waals surface area contributed by atoms with Crippen LogP contribution in [-0.4, -0.2) is 55.5 Å². The molecule has 0 spiro atoms. The first kappa shape index (κ1) is 22.9. The molecule has 2 heterocycles. The van der Waals surface area contributed by atoms with Gasteiger partial charge in [0.25, 0.3) is 11.8 Å². The van der Waals surface area contributed by atoms with Crippen LogP contribution < -0.4 is 9.47 Å². The molecule has 174 valence electrons. The molecule has 0 aromatic heterocycles. The highest BCUT2D eigenvalue weighted by Crippen LogP contribution is 2.37. The first-order valence-corrected chi connectivity index (χ1v) is 11.7. The lowest BCUT2D eigenvalue weighted by Gasteiger charge is -2.34. The zero-order valence-electron chi connectivity index (χ0n) is 19.7. The van der Waals surface area contributed by atoms with Gasteiger partial charge in [0, 0.05) is 19.6 Å². The fourth-order valence-corrected chi connectivity index (χ4v) is 4.84. The second kappa shape index (κ2) is 10.1. The fraction of sp³-hybridized carbons (Fsp3) is 0.407.